The van der Waals surface area contributed by atoms with Gasteiger partial charge in [-0.2, -0.15) is 0 Å². The van der Waals surface area contributed by atoms with Crippen LogP contribution >= 0.6 is 38.1 Å². The predicted molar refractivity (Wildman–Crippen MR) is 324 cm³/mol. The third-order valence-corrected chi connectivity index (χ3v) is 18.5. The number of alkyl halides is 3. The van der Waals surface area contributed by atoms with Crippen molar-refractivity contribution in [2.45, 2.75) is 120 Å². The minimum absolute atomic E-state index is 0.00588. The molecule has 5 aliphatic heterocycles. The number of ether oxygens (including phenoxy) is 4. The van der Waals surface area contributed by atoms with Crippen molar-refractivity contribution >= 4 is 125 Å². The summed E-state index contributed by atoms with van der Waals surface area (Å²) in [5, 5.41) is 12.7. The van der Waals surface area contributed by atoms with Gasteiger partial charge in [0.2, 0.25) is 17.7 Å². The number of nitrogen functional groups attached to an aromatic ring is 1. The molecular weight excluding hydrogens is 1330 g/mol. The number of thiol groups is 2. The maximum absolute atomic E-state index is 16.7. The summed E-state index contributed by atoms with van der Waals surface area (Å²) in [5.41, 5.74) is 11.7. The average Bonchev–Trinajstić information content (AvgIpc) is 1.62. The van der Waals surface area contributed by atoms with Crippen molar-refractivity contribution in [2.75, 3.05) is 55.8 Å². The van der Waals surface area contributed by atoms with Crippen molar-refractivity contribution in [1.29, 1.82) is 0 Å². The molecule has 4 fully saturated rings. The van der Waals surface area contributed by atoms with Gasteiger partial charge in [-0.1, -0.05) is 50.5 Å². The van der Waals surface area contributed by atoms with Crippen LogP contribution in [0.5, 0.6) is 0 Å². The van der Waals surface area contributed by atoms with Gasteiger partial charge in [0.1, 0.15) is 74.1 Å². The lowest BCUT2D eigenvalue weighted by molar-refractivity contribution is -0.137. The van der Waals surface area contributed by atoms with Crippen LogP contribution in [0.25, 0.3) is 22.3 Å². The second-order valence-electron chi connectivity index (χ2n) is 22.1. The summed E-state index contributed by atoms with van der Waals surface area (Å²) in [5.74, 6) is -3.90. The van der Waals surface area contributed by atoms with E-state index in [1.807, 2.05) is 0 Å². The molecule has 42 heteroatoms. The molecule has 9 amide bonds. The Morgan fingerprint density at radius 3 is 1.98 bits per heavy atom. The monoisotopic (exact) mass is 1400 g/mol. The second kappa shape index (κ2) is 29.3. The number of likely N-dealkylation sites (tertiary alicyclic amines) is 1. The molecule has 4 saturated heterocycles. The Morgan fingerprint density at radius 1 is 0.777 bits per heavy atom. The van der Waals surface area contributed by atoms with Crippen molar-refractivity contribution in [2.24, 2.45) is 11.7 Å². The molecule has 506 valence electrons. The van der Waals surface area contributed by atoms with E-state index in [1.165, 1.54) is 35.2 Å². The van der Waals surface area contributed by atoms with Gasteiger partial charge in [-0.15, -0.1) is 0 Å². The van der Waals surface area contributed by atoms with Crippen LogP contribution in [0.3, 0.4) is 0 Å². The SMILES string of the molecule is CC(C)[C@H](NC(=O)CCN1C(=O)C=CC1=O)C(=O)N[C@@H](CCCNC(N)=O)C(=O)Nc1ccc(COC(=O)N2C[C@@H](F)C[C@H]2COC(=O)Nc2ncnc3c2ncn3[C@@H]2O[C@@H]3CO[P@@](=O)(S)O[C@H]4[C@@H](F)[C@H](n5cnc6c(N)ncnc65)O[C@@H]4CO[P@@](=O)(S)O[C@H]3[C@H]2F)cc1. The topological polar surface area (TPSA) is 450 Å². The molecule has 0 bridgehead atoms. The summed E-state index contributed by atoms with van der Waals surface area (Å²) < 4.78 is 123. The van der Waals surface area contributed by atoms with Gasteiger partial charge >= 0.3 is 31.8 Å². The Bertz CT molecular complexity index is 3830. The number of aromatic nitrogens is 8. The molecule has 0 unspecified atom stereocenters. The molecule has 5 aliphatic rings. The van der Waals surface area contributed by atoms with E-state index in [1.54, 1.807) is 13.8 Å². The third-order valence-electron chi connectivity index (χ3n) is 15.3. The van der Waals surface area contributed by atoms with Gasteiger partial charge in [0.25, 0.3) is 11.8 Å². The highest BCUT2D eigenvalue weighted by molar-refractivity contribution is 8.44. The fourth-order valence-electron chi connectivity index (χ4n) is 10.6. The molecule has 94 heavy (non-hydrogen) atoms. The zero-order valence-corrected chi connectivity index (χ0v) is 53.0. The number of hydrogen-bond acceptors (Lipinski definition) is 25. The smallest absolute Gasteiger partial charge is 0.412 e. The summed E-state index contributed by atoms with van der Waals surface area (Å²) in [6.45, 7) is -8.86. The number of imide groups is 1. The van der Waals surface area contributed by atoms with Crippen LogP contribution < -0.4 is 38.1 Å². The number of hydrogen-bond donors (Lipinski definition) is 9. The van der Waals surface area contributed by atoms with Gasteiger partial charge in [0.15, 0.2) is 53.2 Å². The quantitative estimate of drug-likeness (QED) is 0.0234. The number of halogens is 3. The largest absolute Gasteiger partial charge is 0.447 e. The fraction of sp³-hybridized carbons (Fsp3) is 0.500. The fourth-order valence-corrected chi connectivity index (χ4v) is 13.6. The highest BCUT2D eigenvalue weighted by atomic mass is 32.7. The standard InChI is InChI=1S/C52H62F3N17O18P2S2/c1-24(2)37(67-32(73)11-13-69-33(74)9-10-34(69)75)47(77)66-29(4-3-12-58-50(57)78)46(76)65-27-7-5-25(6-8-27)16-84-52(80)70-15-26(53)14-28(70)17-83-51(79)68-43-39-45(62-21-60-43)72(23-64-39)49-36(55)41-31(88-49)19-86-91(81,93)89-40-30(18-85-92(82,94)90-41)87-48(35(40)54)71-22-63-38-42(56)59-20-61-44(38)71/h5-10,20-24,26,28-31,35-37,40-41,48-49H,3-4,11-19H2,1-2H3,(H,65,76)(H,66,77)(H,67,73)(H,81,93)(H,82,94)(H2,56,59,61)(H3,57,58,78)(H,60,62,68,79)/t26-,28-,29-,30+,31+,35+,36+,37-,40+,41+,48+,49+,91+,92+/m0/s1. The maximum Gasteiger partial charge on any atom is 0.412 e. The van der Waals surface area contributed by atoms with E-state index in [-0.39, 0.29) is 85.0 Å². The van der Waals surface area contributed by atoms with E-state index in [0.717, 1.165) is 45.5 Å². The third kappa shape index (κ3) is 16.2. The predicted octanol–water partition coefficient (Wildman–Crippen LogP) is 3.24. The van der Waals surface area contributed by atoms with Crippen molar-refractivity contribution in [1.82, 2.24) is 64.8 Å². The second-order valence-corrected chi connectivity index (χ2v) is 27.9. The number of nitrogens with two attached hydrogens (primary N) is 2. The van der Waals surface area contributed by atoms with Gasteiger partial charge in [-0.25, -0.2) is 66.6 Å². The first-order valence-corrected chi connectivity index (χ1v) is 34.2. The normalized spacial score (nSPS) is 27.7. The number of anilines is 3. The van der Waals surface area contributed by atoms with E-state index >= 15 is 8.78 Å². The number of nitrogens with one attached hydrogen (secondary N) is 5. The van der Waals surface area contributed by atoms with Gasteiger partial charge in [-0.3, -0.25) is 66.3 Å². The van der Waals surface area contributed by atoms with Crippen molar-refractivity contribution in [3.63, 3.8) is 0 Å². The first kappa shape index (κ1) is 68.8. The van der Waals surface area contributed by atoms with Crippen LogP contribution in [-0.2, 0) is 76.8 Å². The number of carbonyl (C=O) groups excluding carboxylic acids is 8. The molecule has 10 rings (SSSR count). The average molecular weight is 1400 g/mol. The molecule has 14 atom stereocenters. The number of imidazole rings is 2. The Balaban J connectivity index is 0.712. The number of urea groups is 1. The number of amides is 9. The molecule has 0 radical (unpaired) electrons. The van der Waals surface area contributed by atoms with Crippen LogP contribution in [-0.4, -0.2) is 197 Å². The van der Waals surface area contributed by atoms with E-state index in [4.69, 9.17) is 48.5 Å². The van der Waals surface area contributed by atoms with Crippen LogP contribution in [0.2, 0.25) is 0 Å². The number of benzene rings is 1. The molecule has 35 nitrogen and oxygen atoms in total. The first-order valence-electron chi connectivity index (χ1n) is 28.8. The molecule has 0 aliphatic carbocycles. The van der Waals surface area contributed by atoms with Crippen LogP contribution in [0.15, 0.2) is 61.7 Å². The van der Waals surface area contributed by atoms with E-state index in [9.17, 15) is 51.9 Å². The van der Waals surface area contributed by atoms with E-state index in [0.29, 0.717) is 5.56 Å². The van der Waals surface area contributed by atoms with Crippen molar-refractivity contribution in [3.8, 4) is 0 Å². The Morgan fingerprint density at radius 2 is 1.37 bits per heavy atom. The van der Waals surface area contributed by atoms with Crippen molar-refractivity contribution in [3.05, 3.63) is 67.3 Å². The number of rotatable bonds is 20. The molecule has 1 aromatic carbocycles. The van der Waals surface area contributed by atoms with Gasteiger partial charge in [0.05, 0.1) is 38.5 Å². The van der Waals surface area contributed by atoms with Gasteiger partial charge < -0.3 is 51.7 Å². The Hall–Kier alpha value is -8.07. The summed E-state index contributed by atoms with van der Waals surface area (Å²) in [7, 11) is 0. The number of nitrogens with zero attached hydrogens (tertiary/aromatic N) is 10. The zero-order chi connectivity index (χ0) is 67.3. The number of primary amides is 1. The summed E-state index contributed by atoms with van der Waals surface area (Å²) >= 11 is 8.09. The highest BCUT2D eigenvalue weighted by Gasteiger charge is 2.55. The van der Waals surface area contributed by atoms with Gasteiger partial charge in [-0.05, 0) is 36.5 Å². The molecule has 9 heterocycles. The molecule has 0 spiro atoms. The van der Waals surface area contributed by atoms with Crippen LogP contribution in [0.4, 0.5) is 44.9 Å². The lowest BCUT2D eigenvalue weighted by Gasteiger charge is -2.28. The number of carbonyl (C=O) groups is 8. The molecule has 0 saturated carbocycles. The Kier molecular flexibility index (Phi) is 21.4. The lowest BCUT2D eigenvalue weighted by atomic mass is 10.0. The minimum Gasteiger partial charge on any atom is -0.447 e. The Labute approximate surface area is 540 Å². The van der Waals surface area contributed by atoms with Crippen LogP contribution in [0, 0.1) is 5.92 Å². The number of fused-ring (bicyclic) bond motifs is 4. The van der Waals surface area contributed by atoms with Gasteiger partial charge in [0, 0.05) is 43.8 Å². The van der Waals surface area contributed by atoms with Crippen LogP contribution in [0.1, 0.15) is 57.6 Å². The van der Waals surface area contributed by atoms with E-state index < -0.39 is 167 Å². The minimum atomic E-state index is -4.61. The lowest BCUT2D eigenvalue weighted by Crippen LogP contribution is -2.54. The highest BCUT2D eigenvalue weighted by Crippen LogP contribution is 2.61. The molecule has 9 N–H and O–H groups in total. The zero-order valence-electron chi connectivity index (χ0n) is 49.5. The summed E-state index contributed by atoms with van der Waals surface area (Å²) in [4.78, 5) is 128. The molecule has 4 aromatic heterocycles. The van der Waals surface area contributed by atoms with E-state index in [2.05, 4.69) is 81.0 Å². The summed E-state index contributed by atoms with van der Waals surface area (Å²) in [6, 6.07) is 1.87. The molecular formula is C52H62F3N17O18P2S2. The first-order chi connectivity index (χ1) is 44.7. The molecule has 5 aromatic rings. The summed E-state index contributed by atoms with van der Waals surface area (Å²) in [6.07, 6.45) is -11.7. The van der Waals surface area contributed by atoms with Crippen molar-refractivity contribution < 1.29 is 97.7 Å². The maximum atomic E-state index is 16.7.